The minimum atomic E-state index is 0.360. The molecule has 3 rings (SSSR count). The van der Waals surface area contributed by atoms with Crippen molar-refractivity contribution < 1.29 is 9.53 Å². The topological polar surface area (TPSA) is 29.5 Å². The van der Waals surface area contributed by atoms with Gasteiger partial charge in [0.05, 0.1) is 12.7 Å². The van der Waals surface area contributed by atoms with Gasteiger partial charge in [0.25, 0.3) is 0 Å². The van der Waals surface area contributed by atoms with Crippen LogP contribution in [0.15, 0.2) is 0 Å². The van der Waals surface area contributed by atoms with Crippen LogP contribution < -0.4 is 0 Å². The fourth-order valence-electron chi connectivity index (χ4n) is 4.46. The van der Waals surface area contributed by atoms with Crippen LogP contribution in [0.25, 0.3) is 0 Å². The Morgan fingerprint density at radius 3 is 2.55 bits per heavy atom. The van der Waals surface area contributed by atoms with E-state index in [0.29, 0.717) is 17.9 Å². The Bertz CT molecular complexity index is 341. The summed E-state index contributed by atoms with van der Waals surface area (Å²) in [6, 6.07) is 0. The van der Waals surface area contributed by atoms with Gasteiger partial charge in [-0.25, -0.2) is 0 Å². The number of piperidine rings is 1. The molecule has 4 heteroatoms. The summed E-state index contributed by atoms with van der Waals surface area (Å²) in [6.07, 6.45) is 8.72. The second-order valence-corrected chi connectivity index (χ2v) is 7.57. The molecule has 0 spiro atoms. The maximum atomic E-state index is 12.4. The highest BCUT2D eigenvalue weighted by molar-refractivity contribution is 9.09. The van der Waals surface area contributed by atoms with E-state index in [1.54, 1.807) is 0 Å². The Hall–Kier alpha value is -0.0900. The number of nitrogens with zero attached hydrogens (tertiary/aromatic N) is 1. The van der Waals surface area contributed by atoms with E-state index >= 15 is 0 Å². The minimum absolute atomic E-state index is 0.360. The Labute approximate surface area is 130 Å². The molecule has 2 bridgehead atoms. The summed E-state index contributed by atoms with van der Waals surface area (Å²) in [5, 5.41) is 0.899. The van der Waals surface area contributed by atoms with E-state index in [1.165, 1.54) is 25.7 Å². The molecule has 0 aromatic carbocycles. The van der Waals surface area contributed by atoms with Gasteiger partial charge in [0.1, 0.15) is 0 Å². The van der Waals surface area contributed by atoms with Crippen molar-refractivity contribution in [2.24, 2.45) is 17.8 Å². The van der Waals surface area contributed by atoms with Gasteiger partial charge >= 0.3 is 0 Å². The first-order valence-corrected chi connectivity index (χ1v) is 9.33. The van der Waals surface area contributed by atoms with Gasteiger partial charge in [0.2, 0.25) is 5.91 Å². The van der Waals surface area contributed by atoms with Crippen molar-refractivity contribution in [1.29, 1.82) is 0 Å². The third-order valence-corrected chi connectivity index (χ3v) is 5.87. The molecule has 3 atom stereocenters. The average Bonchev–Trinajstić information content (AvgIpc) is 3.08. The molecule has 1 saturated heterocycles. The van der Waals surface area contributed by atoms with Gasteiger partial charge < -0.3 is 9.64 Å². The van der Waals surface area contributed by atoms with Crippen LogP contribution in [0.1, 0.15) is 44.9 Å². The van der Waals surface area contributed by atoms with Crippen LogP contribution in [-0.2, 0) is 9.53 Å². The molecule has 3 aliphatic rings. The van der Waals surface area contributed by atoms with Crippen LogP contribution in [-0.4, -0.2) is 41.9 Å². The van der Waals surface area contributed by atoms with Gasteiger partial charge in [-0.15, -0.1) is 0 Å². The molecule has 1 aliphatic heterocycles. The number of likely N-dealkylation sites (tertiary alicyclic amines) is 1. The molecular weight excluding hydrogens is 318 g/mol. The standard InChI is InChI=1S/C16H26BrNO2/c17-5-8-20-15-3-6-18(7-4-15)16(19)11-14-10-12-1-2-13(14)9-12/h12-15H,1-11H2. The average molecular weight is 344 g/mol. The van der Waals surface area contributed by atoms with E-state index in [2.05, 4.69) is 20.8 Å². The SMILES string of the molecule is O=C(CC1CC2CCC1C2)N1CCC(OCCBr)CC1. The summed E-state index contributed by atoms with van der Waals surface area (Å²) in [4.78, 5) is 14.5. The van der Waals surface area contributed by atoms with Crippen molar-refractivity contribution in [3.63, 3.8) is 0 Å². The number of halogens is 1. The van der Waals surface area contributed by atoms with Gasteiger partial charge in [-0.1, -0.05) is 22.4 Å². The van der Waals surface area contributed by atoms with Crippen molar-refractivity contribution >= 4 is 21.8 Å². The lowest BCUT2D eigenvalue weighted by Crippen LogP contribution is -2.41. The molecule has 20 heavy (non-hydrogen) atoms. The van der Waals surface area contributed by atoms with Gasteiger partial charge in [-0.3, -0.25) is 4.79 Å². The van der Waals surface area contributed by atoms with E-state index in [-0.39, 0.29) is 0 Å². The fourth-order valence-corrected chi connectivity index (χ4v) is 4.65. The van der Waals surface area contributed by atoms with Crippen LogP contribution in [0.4, 0.5) is 0 Å². The molecular formula is C16H26BrNO2. The predicted molar refractivity (Wildman–Crippen MR) is 82.9 cm³/mol. The highest BCUT2D eigenvalue weighted by atomic mass is 79.9. The zero-order valence-corrected chi connectivity index (χ0v) is 13.8. The van der Waals surface area contributed by atoms with Crippen molar-refractivity contribution in [2.75, 3.05) is 25.0 Å². The summed E-state index contributed by atoms with van der Waals surface area (Å²) in [5.74, 6) is 2.91. The summed E-state index contributed by atoms with van der Waals surface area (Å²) >= 11 is 3.39. The minimum Gasteiger partial charge on any atom is -0.377 e. The monoisotopic (exact) mass is 343 g/mol. The molecule has 2 aliphatic carbocycles. The Balaban J connectivity index is 1.40. The van der Waals surface area contributed by atoms with E-state index in [4.69, 9.17) is 4.74 Å². The first-order chi connectivity index (χ1) is 9.76. The summed E-state index contributed by atoms with van der Waals surface area (Å²) in [7, 11) is 0. The van der Waals surface area contributed by atoms with E-state index in [0.717, 1.165) is 56.1 Å². The molecule has 1 heterocycles. The van der Waals surface area contributed by atoms with E-state index < -0.39 is 0 Å². The zero-order valence-electron chi connectivity index (χ0n) is 12.2. The molecule has 0 aromatic rings. The van der Waals surface area contributed by atoms with Crippen molar-refractivity contribution in [2.45, 2.75) is 51.0 Å². The van der Waals surface area contributed by atoms with Crippen molar-refractivity contribution in [1.82, 2.24) is 4.90 Å². The first-order valence-electron chi connectivity index (χ1n) is 8.21. The lowest BCUT2D eigenvalue weighted by Gasteiger charge is -2.33. The quantitative estimate of drug-likeness (QED) is 0.717. The maximum Gasteiger partial charge on any atom is 0.222 e. The highest BCUT2D eigenvalue weighted by Crippen LogP contribution is 2.49. The molecule has 0 N–H and O–H groups in total. The summed E-state index contributed by atoms with van der Waals surface area (Å²) in [5.41, 5.74) is 0. The van der Waals surface area contributed by atoms with Crippen LogP contribution >= 0.6 is 15.9 Å². The van der Waals surface area contributed by atoms with Gasteiger partial charge in [0.15, 0.2) is 0 Å². The molecule has 3 unspecified atom stereocenters. The lowest BCUT2D eigenvalue weighted by atomic mass is 9.86. The van der Waals surface area contributed by atoms with Gasteiger partial charge in [-0.05, 0) is 49.9 Å². The predicted octanol–water partition coefficient (Wildman–Crippen LogP) is 3.22. The number of alkyl halides is 1. The number of amides is 1. The Morgan fingerprint density at radius 2 is 1.95 bits per heavy atom. The van der Waals surface area contributed by atoms with Crippen LogP contribution in [0.5, 0.6) is 0 Å². The highest BCUT2D eigenvalue weighted by Gasteiger charge is 2.40. The molecule has 3 nitrogen and oxygen atoms in total. The lowest BCUT2D eigenvalue weighted by molar-refractivity contribution is -0.135. The third-order valence-electron chi connectivity index (χ3n) is 5.55. The molecule has 0 aromatic heterocycles. The number of hydrogen-bond donors (Lipinski definition) is 0. The number of fused-ring (bicyclic) bond motifs is 2. The largest absolute Gasteiger partial charge is 0.377 e. The number of hydrogen-bond acceptors (Lipinski definition) is 2. The fraction of sp³-hybridized carbons (Fsp3) is 0.938. The maximum absolute atomic E-state index is 12.4. The number of ether oxygens (including phenoxy) is 1. The molecule has 1 amide bonds. The molecule has 114 valence electrons. The molecule has 0 radical (unpaired) electrons. The number of carbonyl (C=O) groups excluding carboxylic acids is 1. The zero-order chi connectivity index (χ0) is 13.9. The van der Waals surface area contributed by atoms with Crippen LogP contribution in [0.3, 0.4) is 0 Å². The Kier molecular flexibility index (Phi) is 5.03. The smallest absolute Gasteiger partial charge is 0.222 e. The van der Waals surface area contributed by atoms with E-state index in [1.807, 2.05) is 0 Å². The Morgan fingerprint density at radius 1 is 1.15 bits per heavy atom. The first kappa shape index (κ1) is 14.8. The molecule has 3 fully saturated rings. The summed E-state index contributed by atoms with van der Waals surface area (Å²) < 4.78 is 5.75. The summed E-state index contributed by atoms with van der Waals surface area (Å²) in [6.45, 7) is 2.57. The number of carbonyl (C=O) groups is 1. The van der Waals surface area contributed by atoms with Gasteiger partial charge in [-0.2, -0.15) is 0 Å². The van der Waals surface area contributed by atoms with Crippen LogP contribution in [0.2, 0.25) is 0 Å². The van der Waals surface area contributed by atoms with Crippen molar-refractivity contribution in [3.8, 4) is 0 Å². The third kappa shape index (κ3) is 3.38. The second kappa shape index (κ2) is 6.78. The number of rotatable bonds is 5. The van der Waals surface area contributed by atoms with Crippen molar-refractivity contribution in [3.05, 3.63) is 0 Å². The molecule has 2 saturated carbocycles. The second-order valence-electron chi connectivity index (χ2n) is 6.78. The normalized spacial score (nSPS) is 33.9. The van der Waals surface area contributed by atoms with Gasteiger partial charge in [0, 0.05) is 24.8 Å². The van der Waals surface area contributed by atoms with Crippen LogP contribution in [0, 0.1) is 17.8 Å². The van der Waals surface area contributed by atoms with E-state index in [9.17, 15) is 4.79 Å².